The maximum Gasteiger partial charge on any atom is 0.165 e. The predicted molar refractivity (Wildman–Crippen MR) is 111 cm³/mol. The molecule has 0 bridgehead atoms. The summed E-state index contributed by atoms with van der Waals surface area (Å²) in [6.07, 6.45) is 5.06. The molecular weight excluding hydrogens is 353 g/mol. The Morgan fingerprint density at radius 2 is 1.82 bits per heavy atom. The molecule has 2 aromatic carbocycles. The normalized spacial score (nSPS) is 18.4. The van der Waals surface area contributed by atoms with E-state index in [1.54, 1.807) is 6.07 Å². The molecule has 0 saturated carbocycles. The van der Waals surface area contributed by atoms with Crippen LogP contribution >= 0.6 is 0 Å². The lowest BCUT2D eigenvalue weighted by Crippen LogP contribution is -2.42. The van der Waals surface area contributed by atoms with Crippen molar-refractivity contribution in [1.29, 1.82) is 0 Å². The van der Waals surface area contributed by atoms with Gasteiger partial charge in [0.05, 0.1) is 12.7 Å². The van der Waals surface area contributed by atoms with Crippen LogP contribution in [0.4, 0.5) is 4.39 Å². The SMILES string of the molecule is CCC[C@](O)(c1ccc(OC)c(F)c1)[C@@H](CN1CCCCC1)c1ccccc1. The molecule has 2 aromatic rings. The monoisotopic (exact) mass is 385 g/mol. The fourth-order valence-electron chi connectivity index (χ4n) is 4.45. The summed E-state index contributed by atoms with van der Waals surface area (Å²) in [5, 5.41) is 12.0. The number of aliphatic hydroxyl groups is 1. The zero-order chi connectivity index (χ0) is 20.0. The van der Waals surface area contributed by atoms with Crippen molar-refractivity contribution in [3.63, 3.8) is 0 Å². The fraction of sp³-hybridized carbons (Fsp3) is 0.500. The van der Waals surface area contributed by atoms with Crippen LogP contribution in [-0.4, -0.2) is 36.8 Å². The van der Waals surface area contributed by atoms with Crippen molar-refractivity contribution < 1.29 is 14.2 Å². The highest BCUT2D eigenvalue weighted by Crippen LogP contribution is 2.42. The molecule has 0 aromatic heterocycles. The second kappa shape index (κ2) is 9.53. The van der Waals surface area contributed by atoms with E-state index in [4.69, 9.17) is 4.74 Å². The molecule has 1 heterocycles. The average molecular weight is 386 g/mol. The Morgan fingerprint density at radius 1 is 1.11 bits per heavy atom. The maximum atomic E-state index is 14.5. The van der Waals surface area contributed by atoms with Gasteiger partial charge in [-0.15, -0.1) is 0 Å². The number of hydrogen-bond donors (Lipinski definition) is 1. The Balaban J connectivity index is 2.02. The minimum atomic E-state index is -1.14. The molecule has 3 nitrogen and oxygen atoms in total. The van der Waals surface area contributed by atoms with Crippen LogP contribution < -0.4 is 4.74 Å². The van der Waals surface area contributed by atoms with E-state index in [1.165, 1.54) is 32.4 Å². The minimum absolute atomic E-state index is 0.125. The van der Waals surface area contributed by atoms with Crippen LogP contribution in [0.2, 0.25) is 0 Å². The number of nitrogens with zero attached hydrogens (tertiary/aromatic N) is 1. The van der Waals surface area contributed by atoms with Gasteiger partial charge in [-0.1, -0.05) is 56.2 Å². The smallest absolute Gasteiger partial charge is 0.165 e. The molecule has 3 rings (SSSR count). The number of methoxy groups -OCH3 is 1. The Labute approximate surface area is 168 Å². The predicted octanol–water partition coefficient (Wildman–Crippen LogP) is 5.09. The molecule has 0 amide bonds. The van der Waals surface area contributed by atoms with Crippen molar-refractivity contribution >= 4 is 0 Å². The molecule has 1 fully saturated rings. The third-order valence-corrected chi connectivity index (χ3v) is 5.95. The molecule has 0 spiro atoms. The fourth-order valence-corrected chi connectivity index (χ4v) is 4.45. The van der Waals surface area contributed by atoms with Crippen molar-refractivity contribution in [1.82, 2.24) is 4.90 Å². The molecule has 2 atom stereocenters. The Morgan fingerprint density at radius 3 is 2.43 bits per heavy atom. The molecule has 152 valence electrons. The highest BCUT2D eigenvalue weighted by molar-refractivity contribution is 5.36. The second-order valence-electron chi connectivity index (χ2n) is 7.85. The van der Waals surface area contributed by atoms with E-state index < -0.39 is 11.4 Å². The Hall–Kier alpha value is -1.91. The molecule has 0 aliphatic carbocycles. The van der Waals surface area contributed by atoms with E-state index in [2.05, 4.69) is 24.0 Å². The van der Waals surface area contributed by atoms with Gasteiger partial charge in [-0.3, -0.25) is 0 Å². The highest BCUT2D eigenvalue weighted by atomic mass is 19.1. The molecule has 4 heteroatoms. The number of piperidine rings is 1. The molecule has 1 aliphatic rings. The maximum absolute atomic E-state index is 14.5. The van der Waals surface area contributed by atoms with Crippen LogP contribution in [0, 0.1) is 5.82 Å². The number of likely N-dealkylation sites (tertiary alicyclic amines) is 1. The van der Waals surface area contributed by atoms with Gasteiger partial charge in [0.1, 0.15) is 0 Å². The molecule has 1 aliphatic heterocycles. The topological polar surface area (TPSA) is 32.7 Å². The summed E-state index contributed by atoms with van der Waals surface area (Å²) in [6.45, 7) is 4.95. The van der Waals surface area contributed by atoms with Crippen LogP contribution in [0.25, 0.3) is 0 Å². The highest BCUT2D eigenvalue weighted by Gasteiger charge is 2.40. The van der Waals surface area contributed by atoms with Gasteiger partial charge in [0, 0.05) is 12.5 Å². The van der Waals surface area contributed by atoms with Crippen molar-refractivity contribution in [3.8, 4) is 5.75 Å². The van der Waals surface area contributed by atoms with Crippen LogP contribution in [0.3, 0.4) is 0 Å². The lowest BCUT2D eigenvalue weighted by molar-refractivity contribution is -0.0155. The first-order chi connectivity index (χ1) is 13.6. The van der Waals surface area contributed by atoms with E-state index in [0.29, 0.717) is 12.0 Å². The summed E-state index contributed by atoms with van der Waals surface area (Å²) in [7, 11) is 1.46. The van der Waals surface area contributed by atoms with E-state index in [9.17, 15) is 9.50 Å². The molecular formula is C24H32FNO2. The summed E-state index contributed by atoms with van der Waals surface area (Å²) in [5.74, 6) is -0.353. The van der Waals surface area contributed by atoms with Gasteiger partial charge in [-0.25, -0.2) is 4.39 Å². The first-order valence-electron chi connectivity index (χ1n) is 10.4. The molecule has 28 heavy (non-hydrogen) atoms. The lowest BCUT2D eigenvalue weighted by atomic mass is 9.74. The van der Waals surface area contributed by atoms with Crippen LogP contribution in [0.1, 0.15) is 56.1 Å². The van der Waals surface area contributed by atoms with Gasteiger partial charge in [-0.05, 0) is 55.6 Å². The first-order valence-corrected chi connectivity index (χ1v) is 10.4. The Bertz CT molecular complexity index is 746. The summed E-state index contributed by atoms with van der Waals surface area (Å²) in [4.78, 5) is 2.45. The number of rotatable bonds is 8. The molecule has 1 saturated heterocycles. The van der Waals surface area contributed by atoms with Gasteiger partial charge >= 0.3 is 0 Å². The van der Waals surface area contributed by atoms with E-state index in [0.717, 1.165) is 31.6 Å². The van der Waals surface area contributed by atoms with Crippen molar-refractivity contribution in [2.24, 2.45) is 0 Å². The summed E-state index contributed by atoms with van der Waals surface area (Å²) in [5.41, 5.74) is 0.583. The number of benzene rings is 2. The molecule has 0 radical (unpaired) electrons. The Kier molecular flexibility index (Phi) is 7.08. The van der Waals surface area contributed by atoms with Crippen molar-refractivity contribution in [3.05, 3.63) is 65.5 Å². The summed E-state index contributed by atoms with van der Waals surface area (Å²) < 4.78 is 19.6. The number of ether oxygens (including phenoxy) is 1. The number of halogens is 1. The third kappa shape index (κ3) is 4.56. The number of hydrogen-bond acceptors (Lipinski definition) is 3. The van der Waals surface area contributed by atoms with Gasteiger partial charge in [-0.2, -0.15) is 0 Å². The second-order valence-corrected chi connectivity index (χ2v) is 7.85. The average Bonchev–Trinajstić information content (AvgIpc) is 2.73. The largest absolute Gasteiger partial charge is 0.494 e. The summed E-state index contributed by atoms with van der Waals surface area (Å²) in [6, 6.07) is 15.1. The van der Waals surface area contributed by atoms with Gasteiger partial charge in [0.25, 0.3) is 0 Å². The first kappa shape index (κ1) is 20.8. The summed E-state index contributed by atoms with van der Waals surface area (Å²) >= 11 is 0. The standard InChI is InChI=1S/C24H32FNO2/c1-3-14-24(27,20-12-13-23(28-2)22(25)17-20)21(19-10-6-4-7-11-19)18-26-15-8-5-9-16-26/h4,6-7,10-13,17,21,27H,3,5,8-9,14-16,18H2,1-2H3/t21-,24-/m0/s1. The zero-order valence-corrected chi connectivity index (χ0v) is 17.0. The van der Waals surface area contributed by atoms with E-state index >= 15 is 0 Å². The minimum Gasteiger partial charge on any atom is -0.494 e. The van der Waals surface area contributed by atoms with Crippen molar-refractivity contribution in [2.45, 2.75) is 50.5 Å². The van der Waals surface area contributed by atoms with Crippen LogP contribution in [-0.2, 0) is 5.60 Å². The lowest BCUT2D eigenvalue weighted by Gasteiger charge is -2.41. The third-order valence-electron chi connectivity index (χ3n) is 5.95. The zero-order valence-electron chi connectivity index (χ0n) is 17.0. The van der Waals surface area contributed by atoms with Gasteiger partial charge in [0.15, 0.2) is 11.6 Å². The van der Waals surface area contributed by atoms with Crippen LogP contribution in [0.15, 0.2) is 48.5 Å². The molecule has 1 N–H and O–H groups in total. The van der Waals surface area contributed by atoms with Crippen LogP contribution in [0.5, 0.6) is 5.75 Å². The van der Waals surface area contributed by atoms with E-state index in [-0.39, 0.29) is 11.7 Å². The quantitative estimate of drug-likeness (QED) is 0.687. The van der Waals surface area contributed by atoms with Gasteiger partial charge < -0.3 is 14.7 Å². The van der Waals surface area contributed by atoms with E-state index in [1.807, 2.05) is 24.3 Å². The van der Waals surface area contributed by atoms with Gasteiger partial charge in [0.2, 0.25) is 0 Å². The molecule has 0 unspecified atom stereocenters. The van der Waals surface area contributed by atoms with Crippen molar-refractivity contribution in [2.75, 3.05) is 26.7 Å².